The van der Waals surface area contributed by atoms with Gasteiger partial charge in [-0.2, -0.15) is 0 Å². The number of hydrogen-bond donors (Lipinski definition) is 3. The SMILES string of the molecule is CC(C)(C)OC(=O)C[C@@H]1C[C@@H](COc2ccc(-c3ccc(C(=N)N)nc3)cc2)NC1=O.Cl. The first-order valence-electron chi connectivity index (χ1n) is 10.2. The van der Waals surface area contributed by atoms with Gasteiger partial charge in [0.25, 0.3) is 0 Å². The molecule has 0 bridgehead atoms. The van der Waals surface area contributed by atoms with E-state index in [4.69, 9.17) is 20.6 Å². The minimum absolute atomic E-state index is 0. The molecule has 8 nitrogen and oxygen atoms in total. The molecule has 1 aliphatic rings. The zero-order chi connectivity index (χ0) is 22.6. The molecular formula is C23H29ClN4O4. The molecular weight excluding hydrogens is 432 g/mol. The highest BCUT2D eigenvalue weighted by atomic mass is 35.5. The Morgan fingerprint density at radius 2 is 1.84 bits per heavy atom. The molecule has 1 aromatic heterocycles. The number of nitrogen functional groups attached to an aromatic ring is 1. The lowest BCUT2D eigenvalue weighted by Crippen LogP contribution is -2.31. The van der Waals surface area contributed by atoms with E-state index in [-0.39, 0.29) is 42.6 Å². The minimum atomic E-state index is -0.563. The predicted octanol–water partition coefficient (Wildman–Crippen LogP) is 3.07. The van der Waals surface area contributed by atoms with Gasteiger partial charge < -0.3 is 20.5 Å². The zero-order valence-corrected chi connectivity index (χ0v) is 19.2. The lowest BCUT2D eigenvalue weighted by atomic mass is 10.0. The summed E-state index contributed by atoms with van der Waals surface area (Å²) >= 11 is 0. The fourth-order valence-electron chi connectivity index (χ4n) is 3.36. The van der Waals surface area contributed by atoms with Gasteiger partial charge in [0.1, 0.15) is 29.5 Å². The molecule has 1 saturated heterocycles. The van der Waals surface area contributed by atoms with Crippen molar-refractivity contribution in [3.8, 4) is 16.9 Å². The topological polar surface area (TPSA) is 127 Å². The second-order valence-corrected chi connectivity index (χ2v) is 8.61. The number of halogens is 1. The third-order valence-electron chi connectivity index (χ3n) is 4.80. The van der Waals surface area contributed by atoms with Crippen LogP contribution in [0.3, 0.4) is 0 Å². The third kappa shape index (κ3) is 6.95. The van der Waals surface area contributed by atoms with Crippen LogP contribution in [0.4, 0.5) is 0 Å². The van der Waals surface area contributed by atoms with Crippen LogP contribution in [0.5, 0.6) is 5.75 Å². The molecule has 0 spiro atoms. The molecule has 172 valence electrons. The molecule has 2 atom stereocenters. The van der Waals surface area contributed by atoms with Crippen LogP contribution in [0, 0.1) is 11.3 Å². The Labute approximate surface area is 193 Å². The number of nitrogens with one attached hydrogen (secondary N) is 2. The van der Waals surface area contributed by atoms with Crippen molar-refractivity contribution in [3.63, 3.8) is 0 Å². The van der Waals surface area contributed by atoms with E-state index in [1.165, 1.54) is 0 Å². The van der Waals surface area contributed by atoms with E-state index in [9.17, 15) is 9.59 Å². The van der Waals surface area contributed by atoms with Crippen molar-refractivity contribution in [1.29, 1.82) is 5.41 Å². The molecule has 2 aromatic rings. The van der Waals surface area contributed by atoms with E-state index < -0.39 is 11.5 Å². The number of carbonyl (C=O) groups excluding carboxylic acids is 2. The fraction of sp³-hybridized carbons (Fsp3) is 0.391. The van der Waals surface area contributed by atoms with Gasteiger partial charge in [0.15, 0.2) is 0 Å². The molecule has 4 N–H and O–H groups in total. The molecule has 0 unspecified atom stereocenters. The van der Waals surface area contributed by atoms with E-state index >= 15 is 0 Å². The number of aromatic nitrogens is 1. The van der Waals surface area contributed by atoms with Gasteiger partial charge in [0.05, 0.1) is 18.4 Å². The summed E-state index contributed by atoms with van der Waals surface area (Å²) in [6, 6.07) is 10.9. The maximum absolute atomic E-state index is 12.2. The number of pyridine rings is 1. The number of hydrogen-bond acceptors (Lipinski definition) is 6. The molecule has 1 fully saturated rings. The van der Waals surface area contributed by atoms with Crippen LogP contribution in [0.15, 0.2) is 42.6 Å². The Hall–Kier alpha value is -3.13. The Balaban J connectivity index is 0.00000363. The van der Waals surface area contributed by atoms with E-state index in [0.29, 0.717) is 24.5 Å². The molecule has 0 aliphatic carbocycles. The second-order valence-electron chi connectivity index (χ2n) is 8.61. The van der Waals surface area contributed by atoms with Gasteiger partial charge in [0.2, 0.25) is 5.91 Å². The smallest absolute Gasteiger partial charge is 0.307 e. The van der Waals surface area contributed by atoms with Gasteiger partial charge in [-0.25, -0.2) is 0 Å². The molecule has 2 heterocycles. The third-order valence-corrected chi connectivity index (χ3v) is 4.80. The Kier molecular flexibility index (Phi) is 8.21. The number of amides is 1. The quantitative estimate of drug-likeness (QED) is 0.331. The number of esters is 1. The van der Waals surface area contributed by atoms with Crippen LogP contribution < -0.4 is 15.8 Å². The first-order chi connectivity index (χ1) is 14.6. The van der Waals surface area contributed by atoms with Crippen molar-refractivity contribution in [2.45, 2.75) is 45.3 Å². The molecule has 9 heteroatoms. The van der Waals surface area contributed by atoms with Crippen LogP contribution in [-0.4, -0.2) is 40.9 Å². The van der Waals surface area contributed by atoms with Crippen molar-refractivity contribution >= 4 is 30.1 Å². The van der Waals surface area contributed by atoms with Gasteiger partial charge >= 0.3 is 5.97 Å². The monoisotopic (exact) mass is 460 g/mol. The summed E-state index contributed by atoms with van der Waals surface area (Å²) in [5.74, 6) is -0.284. The standard InChI is InChI=1S/C23H28N4O4.ClH/c1-23(2,3)31-20(28)11-16-10-17(27-22(16)29)13-30-18-7-4-14(5-8-18)15-6-9-19(21(24)25)26-12-15;/h4-9,12,16-17H,10-11,13H2,1-3H3,(H3,24,25)(H,27,29);1H/t16-,17-;/m0./s1. The molecule has 1 aliphatic heterocycles. The van der Waals surface area contributed by atoms with Gasteiger partial charge in [-0.1, -0.05) is 18.2 Å². The molecule has 0 radical (unpaired) electrons. The average Bonchev–Trinajstić information content (AvgIpc) is 3.04. The molecule has 0 saturated carbocycles. The Bertz CT molecular complexity index is 955. The second kappa shape index (κ2) is 10.5. The maximum Gasteiger partial charge on any atom is 0.307 e. The number of carbonyl (C=O) groups is 2. The van der Waals surface area contributed by atoms with Gasteiger partial charge in [-0.05, 0) is 51.0 Å². The summed E-state index contributed by atoms with van der Waals surface area (Å²) < 4.78 is 11.1. The predicted molar refractivity (Wildman–Crippen MR) is 124 cm³/mol. The van der Waals surface area contributed by atoms with E-state index in [1.54, 1.807) is 33.0 Å². The highest BCUT2D eigenvalue weighted by Crippen LogP contribution is 2.24. The normalized spacial score (nSPS) is 17.8. The van der Waals surface area contributed by atoms with Gasteiger partial charge in [-0.15, -0.1) is 12.4 Å². The lowest BCUT2D eigenvalue weighted by molar-refractivity contribution is -0.156. The highest BCUT2D eigenvalue weighted by molar-refractivity contribution is 5.93. The summed E-state index contributed by atoms with van der Waals surface area (Å²) in [5.41, 5.74) is 7.17. The van der Waals surface area contributed by atoms with Crippen molar-refractivity contribution in [3.05, 3.63) is 48.3 Å². The molecule has 1 aromatic carbocycles. The molecule has 32 heavy (non-hydrogen) atoms. The number of benzene rings is 1. The maximum atomic E-state index is 12.2. The van der Waals surface area contributed by atoms with E-state index in [0.717, 1.165) is 11.1 Å². The Morgan fingerprint density at radius 1 is 1.19 bits per heavy atom. The molecule has 3 rings (SSSR count). The highest BCUT2D eigenvalue weighted by Gasteiger charge is 2.35. The van der Waals surface area contributed by atoms with Crippen molar-refractivity contribution in [2.24, 2.45) is 11.7 Å². The average molecular weight is 461 g/mol. The minimum Gasteiger partial charge on any atom is -0.491 e. The number of amidine groups is 1. The number of ether oxygens (including phenoxy) is 2. The van der Waals surface area contributed by atoms with Crippen molar-refractivity contribution in [2.75, 3.05) is 6.61 Å². The van der Waals surface area contributed by atoms with E-state index in [1.807, 2.05) is 30.3 Å². The van der Waals surface area contributed by atoms with Crippen LogP contribution >= 0.6 is 12.4 Å². The van der Waals surface area contributed by atoms with Crippen LogP contribution in [0.1, 0.15) is 39.3 Å². The van der Waals surface area contributed by atoms with Crippen LogP contribution in [-0.2, 0) is 14.3 Å². The fourth-order valence-corrected chi connectivity index (χ4v) is 3.36. The summed E-state index contributed by atoms with van der Waals surface area (Å²) in [6.45, 7) is 5.74. The summed E-state index contributed by atoms with van der Waals surface area (Å²) in [5, 5.41) is 10.3. The van der Waals surface area contributed by atoms with E-state index in [2.05, 4.69) is 10.3 Å². The summed E-state index contributed by atoms with van der Waals surface area (Å²) in [6.07, 6.45) is 2.28. The summed E-state index contributed by atoms with van der Waals surface area (Å²) in [4.78, 5) is 28.3. The first-order valence-corrected chi connectivity index (χ1v) is 10.2. The van der Waals surface area contributed by atoms with Crippen molar-refractivity contribution in [1.82, 2.24) is 10.3 Å². The van der Waals surface area contributed by atoms with Crippen LogP contribution in [0.2, 0.25) is 0 Å². The first kappa shape index (κ1) is 25.1. The zero-order valence-electron chi connectivity index (χ0n) is 18.4. The number of nitrogens with two attached hydrogens (primary N) is 1. The number of rotatable bonds is 7. The largest absolute Gasteiger partial charge is 0.491 e. The van der Waals surface area contributed by atoms with Crippen LogP contribution in [0.25, 0.3) is 11.1 Å². The Morgan fingerprint density at radius 3 is 2.41 bits per heavy atom. The summed E-state index contributed by atoms with van der Waals surface area (Å²) in [7, 11) is 0. The number of nitrogens with zero attached hydrogens (tertiary/aromatic N) is 1. The van der Waals surface area contributed by atoms with Gasteiger partial charge in [0, 0.05) is 11.8 Å². The van der Waals surface area contributed by atoms with Gasteiger partial charge in [-0.3, -0.25) is 20.0 Å². The lowest BCUT2D eigenvalue weighted by Gasteiger charge is -2.20. The van der Waals surface area contributed by atoms with Crippen molar-refractivity contribution < 1.29 is 19.1 Å². The molecule has 1 amide bonds.